The van der Waals surface area contributed by atoms with Crippen molar-refractivity contribution in [3.05, 3.63) is 60.8 Å². The lowest BCUT2D eigenvalue weighted by molar-refractivity contribution is -0.359. The van der Waals surface area contributed by atoms with Crippen molar-refractivity contribution in [1.29, 1.82) is 0 Å². The lowest BCUT2D eigenvalue weighted by Gasteiger charge is -2.46. The number of nitrogens with one attached hydrogen (secondary N) is 1. The molecule has 2 rings (SSSR count). The highest BCUT2D eigenvalue weighted by molar-refractivity contribution is 5.76. The molecular formula is C61H109NO13. The third-order valence-electron chi connectivity index (χ3n) is 14.5. The van der Waals surface area contributed by atoms with Gasteiger partial charge in [0.1, 0.15) is 48.8 Å². The van der Waals surface area contributed by atoms with E-state index in [1.807, 2.05) is 6.08 Å². The molecule has 0 radical (unpaired) electrons. The molecule has 436 valence electrons. The molecule has 75 heavy (non-hydrogen) atoms. The second kappa shape index (κ2) is 46.6. The van der Waals surface area contributed by atoms with E-state index in [0.29, 0.717) is 6.42 Å². The first-order chi connectivity index (χ1) is 36.6. The van der Waals surface area contributed by atoms with E-state index in [1.165, 1.54) is 135 Å². The van der Waals surface area contributed by atoms with E-state index in [0.717, 1.165) is 64.2 Å². The van der Waals surface area contributed by atoms with Gasteiger partial charge in [0.2, 0.25) is 5.91 Å². The maximum atomic E-state index is 13.3. The number of carbonyl (C=O) groups is 1. The van der Waals surface area contributed by atoms with Gasteiger partial charge < -0.3 is 65.1 Å². The Morgan fingerprint density at radius 3 is 1.41 bits per heavy atom. The number of rotatable bonds is 47. The van der Waals surface area contributed by atoms with Crippen molar-refractivity contribution in [2.24, 2.45) is 0 Å². The van der Waals surface area contributed by atoms with Crippen LogP contribution in [0.1, 0.15) is 226 Å². The van der Waals surface area contributed by atoms with Gasteiger partial charge in [-0.05, 0) is 57.8 Å². The molecule has 14 nitrogen and oxygen atoms in total. The van der Waals surface area contributed by atoms with E-state index in [4.69, 9.17) is 18.9 Å². The van der Waals surface area contributed by atoms with Crippen LogP contribution in [0.2, 0.25) is 0 Å². The van der Waals surface area contributed by atoms with Crippen LogP contribution in [0.15, 0.2) is 60.8 Å². The van der Waals surface area contributed by atoms with Crippen molar-refractivity contribution in [3.63, 3.8) is 0 Å². The van der Waals surface area contributed by atoms with Gasteiger partial charge >= 0.3 is 0 Å². The molecule has 2 aliphatic heterocycles. The Bertz CT molecular complexity index is 1490. The highest BCUT2D eigenvalue weighted by atomic mass is 16.7. The van der Waals surface area contributed by atoms with Crippen molar-refractivity contribution in [2.75, 3.05) is 19.8 Å². The fourth-order valence-corrected chi connectivity index (χ4v) is 9.64. The van der Waals surface area contributed by atoms with Crippen molar-refractivity contribution in [1.82, 2.24) is 5.32 Å². The Kier molecular flexibility index (Phi) is 42.7. The summed E-state index contributed by atoms with van der Waals surface area (Å²) in [6.45, 7) is 2.68. The summed E-state index contributed by atoms with van der Waals surface area (Å²) in [5.41, 5.74) is 0. The van der Waals surface area contributed by atoms with Gasteiger partial charge in [-0.3, -0.25) is 4.79 Å². The normalized spacial score (nSPS) is 25.5. The van der Waals surface area contributed by atoms with E-state index >= 15 is 0 Å². The first-order valence-corrected chi connectivity index (χ1v) is 30.0. The van der Waals surface area contributed by atoms with Crippen molar-refractivity contribution < 1.29 is 64.6 Å². The summed E-state index contributed by atoms with van der Waals surface area (Å²) in [5.74, 6) is -0.241. The van der Waals surface area contributed by atoms with Gasteiger partial charge in [-0.2, -0.15) is 0 Å². The van der Waals surface area contributed by atoms with Crippen LogP contribution < -0.4 is 5.32 Å². The van der Waals surface area contributed by atoms with Gasteiger partial charge in [0.05, 0.1) is 32.0 Å². The Hall–Kier alpha value is -2.31. The number of allylic oxidation sites excluding steroid dienone is 9. The fourth-order valence-electron chi connectivity index (χ4n) is 9.64. The topological polar surface area (TPSA) is 228 Å². The molecule has 0 bridgehead atoms. The molecule has 12 unspecified atom stereocenters. The molecule has 9 N–H and O–H groups in total. The summed E-state index contributed by atoms with van der Waals surface area (Å²) < 4.78 is 22.8. The summed E-state index contributed by atoms with van der Waals surface area (Å²) in [6.07, 6.45) is 42.6. The first kappa shape index (κ1) is 68.8. The number of aliphatic hydroxyl groups excluding tert-OH is 8. The van der Waals surface area contributed by atoms with Gasteiger partial charge in [-0.15, -0.1) is 0 Å². The Labute approximate surface area is 454 Å². The van der Waals surface area contributed by atoms with E-state index in [9.17, 15) is 45.6 Å². The molecule has 2 saturated heterocycles. The average Bonchev–Trinajstić information content (AvgIpc) is 3.41. The van der Waals surface area contributed by atoms with Crippen molar-refractivity contribution >= 4 is 5.91 Å². The maximum Gasteiger partial charge on any atom is 0.220 e. The molecule has 0 aromatic heterocycles. The smallest absolute Gasteiger partial charge is 0.220 e. The fraction of sp³-hybridized carbons (Fsp3) is 0.820. The minimum atomic E-state index is -1.79. The third kappa shape index (κ3) is 32.4. The van der Waals surface area contributed by atoms with E-state index in [1.54, 1.807) is 6.08 Å². The number of hydrogen-bond donors (Lipinski definition) is 9. The molecule has 0 spiro atoms. The molecule has 14 heteroatoms. The molecular weight excluding hydrogens is 955 g/mol. The molecule has 0 aromatic rings. The third-order valence-corrected chi connectivity index (χ3v) is 14.5. The lowest BCUT2D eigenvalue weighted by Crippen LogP contribution is -2.65. The maximum absolute atomic E-state index is 13.3. The summed E-state index contributed by atoms with van der Waals surface area (Å²) in [5, 5.41) is 87.0. The van der Waals surface area contributed by atoms with Crippen LogP contribution in [0.25, 0.3) is 0 Å². The lowest BCUT2D eigenvalue weighted by atomic mass is 9.97. The zero-order chi connectivity index (χ0) is 54.6. The largest absolute Gasteiger partial charge is 0.394 e. The summed E-state index contributed by atoms with van der Waals surface area (Å²) in [7, 11) is 0. The van der Waals surface area contributed by atoms with Crippen LogP contribution in [0.5, 0.6) is 0 Å². The quantitative estimate of drug-likeness (QED) is 0.0204. The molecule has 12 atom stereocenters. The van der Waals surface area contributed by atoms with Gasteiger partial charge in [0.15, 0.2) is 12.6 Å². The minimum Gasteiger partial charge on any atom is -0.394 e. The summed E-state index contributed by atoms with van der Waals surface area (Å²) >= 11 is 0. The van der Waals surface area contributed by atoms with Gasteiger partial charge in [0.25, 0.3) is 0 Å². The predicted molar refractivity (Wildman–Crippen MR) is 300 cm³/mol. The second-order valence-corrected chi connectivity index (χ2v) is 21.1. The number of ether oxygens (including phenoxy) is 4. The molecule has 0 aliphatic carbocycles. The number of unbranched alkanes of at least 4 members (excludes halogenated alkanes) is 26. The van der Waals surface area contributed by atoms with E-state index in [-0.39, 0.29) is 18.9 Å². The molecule has 2 aliphatic rings. The average molecular weight is 1060 g/mol. The van der Waals surface area contributed by atoms with E-state index in [2.05, 4.69) is 67.8 Å². The number of hydrogen-bond acceptors (Lipinski definition) is 13. The Morgan fingerprint density at radius 1 is 0.493 bits per heavy atom. The Balaban J connectivity index is 1.71. The van der Waals surface area contributed by atoms with Crippen LogP contribution in [-0.4, -0.2) is 140 Å². The van der Waals surface area contributed by atoms with Crippen LogP contribution in [0, 0.1) is 0 Å². The summed E-state index contributed by atoms with van der Waals surface area (Å²) in [6, 6.07) is -0.916. The monoisotopic (exact) mass is 1060 g/mol. The Morgan fingerprint density at radius 2 is 0.920 bits per heavy atom. The number of aliphatic hydroxyl groups is 8. The molecule has 0 aromatic carbocycles. The number of amides is 1. The van der Waals surface area contributed by atoms with Crippen LogP contribution in [-0.2, 0) is 23.7 Å². The van der Waals surface area contributed by atoms with Gasteiger partial charge in [-0.25, -0.2) is 0 Å². The predicted octanol–water partition coefficient (Wildman–Crippen LogP) is 10.2. The second-order valence-electron chi connectivity index (χ2n) is 21.1. The standard InChI is InChI=1S/C61H109NO13/c1-3-5-7-9-11-13-15-17-19-20-21-22-23-24-25-26-27-28-29-30-31-33-35-37-39-41-43-45-53(66)62-49(50(65)44-42-40-38-36-34-32-18-16-14-12-10-8-6-4-2)48-72-60-58(71)56(69)59(52(47-64)74-60)75-61-57(70)55(68)54(67)51(46-63)73-61/h5,7,11,13,17,19,21-22,42,44,49-52,54-61,63-65,67-71H,3-4,6,8-10,12,14-16,18,20,23-41,43,45-48H2,1-2H3,(H,62,66)/b7-5-,13-11-,19-17-,22-21-,44-42+. The van der Waals surface area contributed by atoms with E-state index < -0.39 is 86.8 Å². The zero-order valence-electron chi connectivity index (χ0n) is 46.8. The van der Waals surface area contributed by atoms with Crippen LogP contribution in [0.3, 0.4) is 0 Å². The molecule has 1 amide bonds. The van der Waals surface area contributed by atoms with Crippen molar-refractivity contribution in [2.45, 2.75) is 299 Å². The van der Waals surface area contributed by atoms with Crippen LogP contribution >= 0.6 is 0 Å². The SMILES string of the molecule is CC/C=C\C/C=C\C/C=C\C/C=C\CCCCCCCCCCCCCCCCC(=O)NC(COC1OC(CO)C(OC2OC(CO)C(O)C(O)C2O)C(O)C1O)C(O)/C=C/CCCCCCCCCCCCCC. The van der Waals surface area contributed by atoms with Gasteiger partial charge in [0, 0.05) is 6.42 Å². The highest BCUT2D eigenvalue weighted by Gasteiger charge is 2.51. The number of carbonyl (C=O) groups excluding carboxylic acids is 1. The van der Waals surface area contributed by atoms with Gasteiger partial charge in [-0.1, -0.05) is 222 Å². The zero-order valence-corrected chi connectivity index (χ0v) is 46.8. The molecule has 0 saturated carbocycles. The van der Waals surface area contributed by atoms with Crippen LogP contribution in [0.4, 0.5) is 0 Å². The highest BCUT2D eigenvalue weighted by Crippen LogP contribution is 2.30. The minimum absolute atomic E-state index is 0.241. The molecule has 2 heterocycles. The van der Waals surface area contributed by atoms with Crippen molar-refractivity contribution in [3.8, 4) is 0 Å². The molecule has 2 fully saturated rings. The first-order valence-electron chi connectivity index (χ1n) is 30.0. The summed E-state index contributed by atoms with van der Waals surface area (Å²) in [4.78, 5) is 13.3.